The summed E-state index contributed by atoms with van der Waals surface area (Å²) >= 11 is 0. The first-order valence-corrected chi connectivity index (χ1v) is 9.83. The average Bonchev–Trinajstić information content (AvgIpc) is 3.26. The number of amides is 1. The highest BCUT2D eigenvalue weighted by molar-refractivity contribution is 14.0. The van der Waals surface area contributed by atoms with Crippen molar-refractivity contribution in [2.75, 3.05) is 12.4 Å². The maximum Gasteiger partial charge on any atom is 0.227 e. The van der Waals surface area contributed by atoms with Gasteiger partial charge in [-0.3, -0.25) is 9.79 Å². The summed E-state index contributed by atoms with van der Waals surface area (Å²) in [6.45, 7) is 0.583. The van der Waals surface area contributed by atoms with Gasteiger partial charge in [-0.2, -0.15) is 0 Å². The van der Waals surface area contributed by atoms with E-state index in [2.05, 4.69) is 20.9 Å². The van der Waals surface area contributed by atoms with Gasteiger partial charge in [0.2, 0.25) is 5.91 Å². The molecule has 3 rings (SSSR count). The van der Waals surface area contributed by atoms with Gasteiger partial charge in [-0.25, -0.2) is 8.78 Å². The Hall–Kier alpha value is -2.23. The second kappa shape index (κ2) is 11.8. The summed E-state index contributed by atoms with van der Waals surface area (Å²) in [6.07, 6.45) is 4.16. The van der Waals surface area contributed by atoms with Crippen molar-refractivity contribution in [2.45, 2.75) is 38.8 Å². The number of aliphatic imine (C=N–C) groups is 1. The lowest BCUT2D eigenvalue weighted by Gasteiger charge is -2.14. The highest BCUT2D eigenvalue weighted by atomic mass is 127. The molecule has 0 radical (unpaired) electrons. The molecule has 2 aromatic rings. The van der Waals surface area contributed by atoms with Gasteiger partial charge in [0.1, 0.15) is 11.6 Å². The minimum Gasteiger partial charge on any atom is -0.352 e. The van der Waals surface area contributed by atoms with Gasteiger partial charge in [0.15, 0.2) is 5.96 Å². The maximum atomic E-state index is 13.7. The van der Waals surface area contributed by atoms with Crippen LogP contribution >= 0.6 is 24.0 Å². The molecule has 30 heavy (non-hydrogen) atoms. The van der Waals surface area contributed by atoms with Crippen molar-refractivity contribution in [1.29, 1.82) is 0 Å². The second-order valence-corrected chi connectivity index (χ2v) is 7.19. The van der Waals surface area contributed by atoms with Crippen LogP contribution in [-0.2, 0) is 17.9 Å². The number of hydrogen-bond donors (Lipinski definition) is 3. The van der Waals surface area contributed by atoms with E-state index in [1.807, 2.05) is 24.3 Å². The predicted molar refractivity (Wildman–Crippen MR) is 126 cm³/mol. The Balaban J connectivity index is 0.00000320. The smallest absolute Gasteiger partial charge is 0.227 e. The second-order valence-electron chi connectivity index (χ2n) is 7.19. The molecule has 0 atom stereocenters. The first-order valence-electron chi connectivity index (χ1n) is 9.83. The third-order valence-electron chi connectivity index (χ3n) is 5.06. The summed E-state index contributed by atoms with van der Waals surface area (Å²) < 4.78 is 27.0. The molecular weight excluding hydrogens is 501 g/mol. The highest BCUT2D eigenvalue weighted by Crippen LogP contribution is 2.26. The number of halogens is 3. The summed E-state index contributed by atoms with van der Waals surface area (Å²) in [7, 11) is 1.61. The number of guanidine groups is 1. The van der Waals surface area contributed by atoms with Crippen molar-refractivity contribution in [3.05, 3.63) is 65.2 Å². The minimum atomic E-state index is -0.484. The van der Waals surface area contributed by atoms with E-state index >= 15 is 0 Å². The number of benzene rings is 2. The molecule has 0 heterocycles. The van der Waals surface area contributed by atoms with Crippen LogP contribution in [0.4, 0.5) is 14.5 Å². The standard InChI is InChI=1S/C22H26F2N4O.HI/c1-25-22(27-14-17-12-18(23)9-10-20(17)24)26-13-15-5-4-8-19(11-15)28-21(29)16-6-2-3-7-16;/h4-5,8-12,16H,2-3,6-7,13-14H2,1H3,(H,28,29)(H2,25,26,27);1H. The first-order chi connectivity index (χ1) is 14.0. The van der Waals surface area contributed by atoms with Crippen LogP contribution in [0.5, 0.6) is 0 Å². The molecule has 8 heteroatoms. The van der Waals surface area contributed by atoms with Gasteiger partial charge >= 0.3 is 0 Å². The molecule has 0 aliphatic heterocycles. The van der Waals surface area contributed by atoms with E-state index in [0.717, 1.165) is 55.1 Å². The number of anilines is 1. The van der Waals surface area contributed by atoms with E-state index in [1.165, 1.54) is 0 Å². The van der Waals surface area contributed by atoms with Gasteiger partial charge in [0, 0.05) is 37.3 Å². The van der Waals surface area contributed by atoms with Gasteiger partial charge in [-0.1, -0.05) is 25.0 Å². The summed E-state index contributed by atoms with van der Waals surface area (Å²) in [4.78, 5) is 16.4. The third kappa shape index (κ3) is 6.93. The van der Waals surface area contributed by atoms with E-state index in [9.17, 15) is 13.6 Å². The lowest BCUT2D eigenvalue weighted by Crippen LogP contribution is -2.36. The Labute approximate surface area is 192 Å². The number of carbonyl (C=O) groups excluding carboxylic acids is 1. The molecule has 5 nitrogen and oxygen atoms in total. The third-order valence-corrected chi connectivity index (χ3v) is 5.06. The van der Waals surface area contributed by atoms with Crippen molar-refractivity contribution < 1.29 is 13.6 Å². The zero-order valence-electron chi connectivity index (χ0n) is 16.9. The van der Waals surface area contributed by atoms with Gasteiger partial charge < -0.3 is 16.0 Å². The number of hydrogen-bond acceptors (Lipinski definition) is 2. The Kier molecular flexibility index (Phi) is 9.48. The fourth-order valence-corrected chi connectivity index (χ4v) is 3.46. The average molecular weight is 528 g/mol. The summed E-state index contributed by atoms with van der Waals surface area (Å²) in [5, 5.41) is 9.10. The number of carbonyl (C=O) groups is 1. The summed E-state index contributed by atoms with van der Waals surface area (Å²) in [6, 6.07) is 11.0. The maximum absolute atomic E-state index is 13.7. The first kappa shape index (κ1) is 24.0. The van der Waals surface area contributed by atoms with Crippen molar-refractivity contribution >= 4 is 41.5 Å². The predicted octanol–water partition coefficient (Wildman–Crippen LogP) is 4.58. The SMILES string of the molecule is CN=C(NCc1cccc(NC(=O)C2CCCC2)c1)NCc1cc(F)ccc1F.I. The lowest BCUT2D eigenvalue weighted by molar-refractivity contribution is -0.119. The Bertz CT molecular complexity index is 885. The van der Waals surface area contributed by atoms with Crippen LogP contribution in [0.25, 0.3) is 0 Å². The van der Waals surface area contributed by atoms with Crippen LogP contribution in [-0.4, -0.2) is 18.9 Å². The van der Waals surface area contributed by atoms with Crippen LogP contribution < -0.4 is 16.0 Å². The summed E-state index contributed by atoms with van der Waals surface area (Å²) in [5.41, 5.74) is 1.96. The van der Waals surface area contributed by atoms with Crippen molar-refractivity contribution in [3.8, 4) is 0 Å². The molecule has 1 aliphatic rings. The lowest BCUT2D eigenvalue weighted by atomic mass is 10.1. The topological polar surface area (TPSA) is 65.5 Å². The quantitative estimate of drug-likeness (QED) is 0.292. The minimum absolute atomic E-state index is 0. The molecule has 1 saturated carbocycles. The van der Waals surface area contributed by atoms with E-state index in [4.69, 9.17) is 0 Å². The number of nitrogens with one attached hydrogen (secondary N) is 3. The van der Waals surface area contributed by atoms with Crippen molar-refractivity contribution in [1.82, 2.24) is 10.6 Å². The molecule has 0 unspecified atom stereocenters. The van der Waals surface area contributed by atoms with Crippen LogP contribution in [0.15, 0.2) is 47.5 Å². The van der Waals surface area contributed by atoms with E-state index in [-0.39, 0.29) is 47.9 Å². The van der Waals surface area contributed by atoms with E-state index in [1.54, 1.807) is 7.05 Å². The number of rotatable bonds is 6. The van der Waals surface area contributed by atoms with Crippen LogP contribution in [0.2, 0.25) is 0 Å². The fourth-order valence-electron chi connectivity index (χ4n) is 3.46. The van der Waals surface area contributed by atoms with Crippen LogP contribution in [0.3, 0.4) is 0 Å². The monoisotopic (exact) mass is 528 g/mol. The molecule has 0 saturated heterocycles. The van der Waals surface area contributed by atoms with Crippen molar-refractivity contribution in [3.63, 3.8) is 0 Å². The number of nitrogens with zero attached hydrogens (tertiary/aromatic N) is 1. The van der Waals surface area contributed by atoms with Gasteiger partial charge in [0.05, 0.1) is 0 Å². The molecule has 2 aromatic carbocycles. The normalized spacial score (nSPS) is 14.2. The van der Waals surface area contributed by atoms with Crippen LogP contribution in [0.1, 0.15) is 36.8 Å². The van der Waals surface area contributed by atoms with Gasteiger partial charge in [0.25, 0.3) is 0 Å². The summed E-state index contributed by atoms with van der Waals surface area (Å²) in [5.74, 6) is -0.290. The van der Waals surface area contributed by atoms with Crippen LogP contribution in [0, 0.1) is 17.6 Å². The molecule has 0 spiro atoms. The molecule has 1 fully saturated rings. The molecule has 0 aromatic heterocycles. The molecule has 1 aliphatic carbocycles. The van der Waals surface area contributed by atoms with Gasteiger partial charge in [-0.15, -0.1) is 24.0 Å². The fraction of sp³-hybridized carbons (Fsp3) is 0.364. The van der Waals surface area contributed by atoms with E-state index < -0.39 is 11.6 Å². The Morgan fingerprint density at radius 2 is 1.80 bits per heavy atom. The largest absolute Gasteiger partial charge is 0.352 e. The zero-order valence-corrected chi connectivity index (χ0v) is 19.2. The molecular formula is C22H27F2IN4O. The molecule has 1 amide bonds. The molecule has 3 N–H and O–H groups in total. The molecule has 162 valence electrons. The molecule has 0 bridgehead atoms. The Morgan fingerprint density at radius 3 is 2.53 bits per heavy atom. The van der Waals surface area contributed by atoms with E-state index in [0.29, 0.717) is 12.5 Å². The van der Waals surface area contributed by atoms with Gasteiger partial charge in [-0.05, 0) is 48.7 Å². The van der Waals surface area contributed by atoms with Crippen molar-refractivity contribution in [2.24, 2.45) is 10.9 Å². The zero-order chi connectivity index (χ0) is 20.6. The highest BCUT2D eigenvalue weighted by Gasteiger charge is 2.22. The Morgan fingerprint density at radius 1 is 1.07 bits per heavy atom.